The number of nitrogens with one attached hydrogen (secondary N) is 1. The Balaban J connectivity index is 3.96. The minimum atomic E-state index is -4.47. The number of hydrogen-bond acceptors (Lipinski definition) is 3. The van der Waals surface area contributed by atoms with Crippen LogP contribution >= 0.6 is 0 Å². The van der Waals surface area contributed by atoms with Crippen LogP contribution in [-0.4, -0.2) is 24.7 Å². The van der Waals surface area contributed by atoms with E-state index in [1.165, 1.54) is 0 Å². The smallest absolute Gasteiger partial charge is 0.319 e. The van der Waals surface area contributed by atoms with Gasteiger partial charge in [-0.15, -0.1) is 0 Å². The molecule has 0 bridgehead atoms. The summed E-state index contributed by atoms with van der Waals surface area (Å²) in [6, 6.07) is -0.925. The maximum absolute atomic E-state index is 11.6. The monoisotopic (exact) mass is 228 g/mol. The van der Waals surface area contributed by atoms with Crippen LogP contribution in [0.5, 0.6) is 0 Å². The van der Waals surface area contributed by atoms with E-state index in [-0.39, 0.29) is 0 Å². The molecule has 7 heteroatoms. The number of rotatable bonds is 3. The highest BCUT2D eigenvalue weighted by Gasteiger charge is 2.31. The van der Waals surface area contributed by atoms with Crippen LogP contribution in [0, 0.1) is 5.41 Å². The topological polar surface area (TPSA) is 64.4 Å². The molecule has 0 aliphatic heterocycles. The molecule has 0 aromatic carbocycles. The summed E-state index contributed by atoms with van der Waals surface area (Å²) < 4.78 is 34.9. The Morgan fingerprint density at radius 3 is 2.20 bits per heavy atom. The normalized spacial score (nSPS) is 14.9. The molecular weight excluding hydrogens is 213 g/mol. The molecule has 3 N–H and O–H groups in total. The van der Waals surface area contributed by atoms with Gasteiger partial charge in [-0.3, -0.25) is 9.63 Å². The zero-order valence-electron chi connectivity index (χ0n) is 8.81. The Hall–Kier alpha value is -0.820. The standard InChI is InChI=1S/C8H15F3N2O2/c1-7(2,3)5(12)6(14)13-15-4-8(9,10)11/h5H,4,12H2,1-3H3,(H,13,14). The average Bonchev–Trinajstić information content (AvgIpc) is 1.98. The third-order valence-electron chi connectivity index (χ3n) is 1.62. The number of hydrogen-bond donors (Lipinski definition) is 2. The van der Waals surface area contributed by atoms with Crippen LogP contribution in [0.3, 0.4) is 0 Å². The van der Waals surface area contributed by atoms with Crippen molar-refractivity contribution in [3.8, 4) is 0 Å². The summed E-state index contributed by atoms with van der Waals surface area (Å²) in [6.07, 6.45) is -4.47. The molecule has 0 aliphatic rings. The van der Waals surface area contributed by atoms with Crippen molar-refractivity contribution < 1.29 is 22.8 Å². The summed E-state index contributed by atoms with van der Waals surface area (Å²) in [4.78, 5) is 15.1. The van der Waals surface area contributed by atoms with Crippen LogP contribution in [-0.2, 0) is 9.63 Å². The molecule has 1 amide bonds. The molecule has 4 nitrogen and oxygen atoms in total. The van der Waals surface area contributed by atoms with Crippen LogP contribution < -0.4 is 11.2 Å². The van der Waals surface area contributed by atoms with Crippen LogP contribution in [0.1, 0.15) is 20.8 Å². The van der Waals surface area contributed by atoms with Gasteiger partial charge < -0.3 is 5.73 Å². The molecule has 0 heterocycles. The van der Waals surface area contributed by atoms with E-state index in [0.29, 0.717) is 0 Å². The molecule has 1 atom stereocenters. The van der Waals surface area contributed by atoms with E-state index in [0.717, 1.165) is 0 Å². The summed E-state index contributed by atoms with van der Waals surface area (Å²) in [7, 11) is 0. The van der Waals surface area contributed by atoms with Gasteiger partial charge >= 0.3 is 6.18 Å². The third kappa shape index (κ3) is 6.29. The maximum Gasteiger partial charge on any atom is 0.414 e. The van der Waals surface area contributed by atoms with Gasteiger partial charge in [0, 0.05) is 0 Å². The van der Waals surface area contributed by atoms with Crippen LogP contribution in [0.2, 0.25) is 0 Å². The Bertz CT molecular complexity index is 223. The SMILES string of the molecule is CC(C)(C)C(N)C(=O)NOCC(F)(F)F. The minimum Gasteiger partial charge on any atom is -0.319 e. The van der Waals surface area contributed by atoms with Crippen LogP contribution in [0.25, 0.3) is 0 Å². The van der Waals surface area contributed by atoms with Crippen molar-refractivity contribution in [2.45, 2.75) is 33.0 Å². The van der Waals surface area contributed by atoms with Crippen molar-refractivity contribution in [2.75, 3.05) is 6.61 Å². The van der Waals surface area contributed by atoms with Gasteiger partial charge in [-0.25, -0.2) is 5.48 Å². The molecule has 90 valence electrons. The number of carbonyl (C=O) groups is 1. The fourth-order valence-corrected chi connectivity index (χ4v) is 0.646. The van der Waals surface area contributed by atoms with E-state index in [1.807, 2.05) is 0 Å². The lowest BCUT2D eigenvalue weighted by Crippen LogP contribution is -2.49. The summed E-state index contributed by atoms with van der Waals surface area (Å²) in [5.74, 6) is -0.772. The van der Waals surface area contributed by atoms with Gasteiger partial charge in [-0.1, -0.05) is 20.8 Å². The molecule has 0 rings (SSSR count). The molecule has 1 unspecified atom stereocenters. The zero-order valence-corrected chi connectivity index (χ0v) is 8.81. The van der Waals surface area contributed by atoms with E-state index in [2.05, 4.69) is 4.84 Å². The van der Waals surface area contributed by atoms with E-state index >= 15 is 0 Å². The number of carbonyl (C=O) groups excluding carboxylic acids is 1. The Morgan fingerprint density at radius 1 is 1.40 bits per heavy atom. The fraction of sp³-hybridized carbons (Fsp3) is 0.875. The van der Waals surface area contributed by atoms with E-state index < -0.39 is 30.1 Å². The first-order valence-corrected chi connectivity index (χ1v) is 4.28. The third-order valence-corrected chi connectivity index (χ3v) is 1.62. The summed E-state index contributed by atoms with van der Waals surface area (Å²) in [6.45, 7) is 3.55. The molecule has 0 aromatic heterocycles. The first-order chi connectivity index (χ1) is 6.54. The van der Waals surface area contributed by atoms with Crippen molar-refractivity contribution in [2.24, 2.45) is 11.1 Å². The minimum absolute atomic E-state index is 0.536. The van der Waals surface area contributed by atoms with Gasteiger partial charge in [0.25, 0.3) is 5.91 Å². The zero-order chi connectivity index (χ0) is 12.3. The average molecular weight is 228 g/mol. The number of hydroxylamine groups is 1. The van der Waals surface area contributed by atoms with E-state index in [1.54, 1.807) is 26.3 Å². The first-order valence-electron chi connectivity index (χ1n) is 4.28. The highest BCUT2D eigenvalue weighted by molar-refractivity contribution is 5.81. The van der Waals surface area contributed by atoms with Crippen LogP contribution in [0.4, 0.5) is 13.2 Å². The predicted molar refractivity (Wildman–Crippen MR) is 47.6 cm³/mol. The number of alkyl halides is 3. The maximum atomic E-state index is 11.6. The van der Waals surface area contributed by atoms with Gasteiger partial charge in [-0.05, 0) is 5.41 Å². The Labute approximate surface area is 85.9 Å². The van der Waals surface area contributed by atoms with Gasteiger partial charge in [-0.2, -0.15) is 13.2 Å². The highest BCUT2D eigenvalue weighted by atomic mass is 19.4. The Kier molecular flexibility index (Phi) is 4.54. The molecule has 0 radical (unpaired) electrons. The molecule has 0 saturated heterocycles. The predicted octanol–water partition coefficient (Wildman–Crippen LogP) is 0.970. The van der Waals surface area contributed by atoms with Gasteiger partial charge in [0.2, 0.25) is 0 Å². The quantitative estimate of drug-likeness (QED) is 0.707. The highest BCUT2D eigenvalue weighted by Crippen LogP contribution is 2.17. The molecule has 0 fully saturated rings. The van der Waals surface area contributed by atoms with Gasteiger partial charge in [0.15, 0.2) is 6.61 Å². The lowest BCUT2D eigenvalue weighted by Gasteiger charge is -2.25. The second kappa shape index (κ2) is 4.80. The second-order valence-corrected chi connectivity index (χ2v) is 4.21. The lowest BCUT2D eigenvalue weighted by atomic mass is 9.87. The van der Waals surface area contributed by atoms with Crippen molar-refractivity contribution >= 4 is 5.91 Å². The summed E-state index contributed by atoms with van der Waals surface area (Å²) in [5, 5.41) is 0. The molecule has 0 aromatic rings. The largest absolute Gasteiger partial charge is 0.414 e. The summed E-state index contributed by atoms with van der Waals surface area (Å²) >= 11 is 0. The fourth-order valence-electron chi connectivity index (χ4n) is 0.646. The van der Waals surface area contributed by atoms with E-state index in [9.17, 15) is 18.0 Å². The second-order valence-electron chi connectivity index (χ2n) is 4.21. The van der Waals surface area contributed by atoms with Crippen LogP contribution in [0.15, 0.2) is 0 Å². The van der Waals surface area contributed by atoms with E-state index in [4.69, 9.17) is 5.73 Å². The number of nitrogens with two attached hydrogens (primary N) is 1. The molecule has 0 saturated carbocycles. The van der Waals surface area contributed by atoms with Gasteiger partial charge in [0.05, 0.1) is 6.04 Å². The Morgan fingerprint density at radius 2 is 1.87 bits per heavy atom. The van der Waals surface area contributed by atoms with Crippen molar-refractivity contribution in [1.82, 2.24) is 5.48 Å². The molecule has 0 spiro atoms. The number of halogens is 3. The lowest BCUT2D eigenvalue weighted by molar-refractivity contribution is -0.192. The summed E-state index contributed by atoms with van der Waals surface area (Å²) in [5.41, 5.74) is 6.60. The van der Waals surface area contributed by atoms with Crippen molar-refractivity contribution in [3.05, 3.63) is 0 Å². The van der Waals surface area contributed by atoms with Gasteiger partial charge in [0.1, 0.15) is 0 Å². The molecule has 0 aliphatic carbocycles. The first kappa shape index (κ1) is 14.2. The molecule has 15 heavy (non-hydrogen) atoms. The molecular formula is C8H15F3N2O2. The van der Waals surface area contributed by atoms with Crippen molar-refractivity contribution in [3.63, 3.8) is 0 Å². The number of amides is 1. The van der Waals surface area contributed by atoms with Crippen molar-refractivity contribution in [1.29, 1.82) is 0 Å².